The van der Waals surface area contributed by atoms with Gasteiger partial charge in [-0.1, -0.05) is 31.3 Å². The number of rotatable bonds is 4. The lowest BCUT2D eigenvalue weighted by Crippen LogP contribution is -2.42. The Hall–Kier alpha value is -2.29. The Labute approximate surface area is 187 Å². The highest BCUT2D eigenvalue weighted by Gasteiger charge is 2.31. The van der Waals surface area contributed by atoms with Crippen LogP contribution in [-0.2, 0) is 10.0 Å². The molecule has 0 unspecified atom stereocenters. The lowest BCUT2D eigenvalue weighted by molar-refractivity contribution is 0.102. The van der Waals surface area contributed by atoms with E-state index in [9.17, 15) is 13.2 Å². The Balaban J connectivity index is 1.51. The molecule has 164 valence electrons. The van der Waals surface area contributed by atoms with Crippen LogP contribution in [0.4, 0.5) is 5.13 Å². The number of thiazole rings is 1. The number of amides is 1. The number of fused-ring (bicyclic) bond motifs is 1. The van der Waals surface area contributed by atoms with E-state index in [4.69, 9.17) is 0 Å². The van der Waals surface area contributed by atoms with E-state index < -0.39 is 10.0 Å². The average molecular weight is 458 g/mol. The van der Waals surface area contributed by atoms with Crippen molar-refractivity contribution in [2.75, 3.05) is 18.4 Å². The fourth-order valence-corrected chi connectivity index (χ4v) is 6.92. The van der Waals surface area contributed by atoms with Gasteiger partial charge in [-0.25, -0.2) is 13.4 Å². The normalized spacial score (nSPS) is 20.1. The molecule has 2 heterocycles. The first-order valence-electron chi connectivity index (χ1n) is 10.4. The third-order valence-electron chi connectivity index (χ3n) is 5.63. The molecule has 0 spiro atoms. The molecule has 31 heavy (non-hydrogen) atoms. The topological polar surface area (TPSA) is 79.4 Å². The van der Waals surface area contributed by atoms with Crippen LogP contribution in [0.1, 0.15) is 41.8 Å². The van der Waals surface area contributed by atoms with E-state index in [0.717, 1.165) is 27.8 Å². The van der Waals surface area contributed by atoms with Crippen molar-refractivity contribution < 1.29 is 13.2 Å². The fourth-order valence-electron chi connectivity index (χ4n) is 4.33. The Morgan fingerprint density at radius 2 is 1.74 bits per heavy atom. The molecule has 1 saturated heterocycles. The van der Waals surface area contributed by atoms with Gasteiger partial charge < -0.3 is 0 Å². The minimum Gasteiger partial charge on any atom is -0.298 e. The number of benzene rings is 2. The third kappa shape index (κ3) is 4.51. The minimum atomic E-state index is -3.56. The first kappa shape index (κ1) is 21.9. The zero-order valence-electron chi connectivity index (χ0n) is 18.2. The number of nitrogens with zero attached hydrogens (tertiary/aromatic N) is 2. The Bertz CT molecular complexity index is 1220. The van der Waals surface area contributed by atoms with Crippen LogP contribution in [0.2, 0.25) is 0 Å². The van der Waals surface area contributed by atoms with Gasteiger partial charge in [0.2, 0.25) is 10.0 Å². The lowest BCUT2D eigenvalue weighted by atomic mass is 9.94. The van der Waals surface area contributed by atoms with Crippen molar-refractivity contribution in [1.29, 1.82) is 0 Å². The van der Waals surface area contributed by atoms with Gasteiger partial charge in [0.25, 0.3) is 5.91 Å². The van der Waals surface area contributed by atoms with Gasteiger partial charge in [-0.3, -0.25) is 10.1 Å². The first-order chi connectivity index (χ1) is 14.6. The molecule has 6 nitrogen and oxygen atoms in total. The summed E-state index contributed by atoms with van der Waals surface area (Å²) in [5, 5.41) is 3.37. The quantitative estimate of drug-likeness (QED) is 0.608. The standard InChI is InChI=1S/C23H27N3O3S2/c1-14-10-17(4)21-20(11-14)24-23(30-21)25-22(27)18-5-7-19(8-6-18)31(28,29)26-12-15(2)9-16(3)13-26/h5-8,10-11,15-16H,9,12-13H2,1-4H3,(H,24,25,27)/t15-,16-/m0/s1. The summed E-state index contributed by atoms with van der Waals surface area (Å²) in [5.74, 6) is 0.368. The van der Waals surface area contributed by atoms with Crippen LogP contribution in [0.3, 0.4) is 0 Å². The maximum atomic E-state index is 13.0. The smallest absolute Gasteiger partial charge is 0.257 e. The number of hydrogen-bond donors (Lipinski definition) is 1. The van der Waals surface area contributed by atoms with Gasteiger partial charge in [0.05, 0.1) is 15.1 Å². The first-order valence-corrected chi connectivity index (χ1v) is 12.7. The van der Waals surface area contributed by atoms with E-state index in [2.05, 4.69) is 30.2 Å². The molecule has 8 heteroatoms. The number of piperidine rings is 1. The predicted molar refractivity (Wildman–Crippen MR) is 125 cm³/mol. The Morgan fingerprint density at radius 1 is 1.10 bits per heavy atom. The summed E-state index contributed by atoms with van der Waals surface area (Å²) in [6.45, 7) is 9.27. The monoisotopic (exact) mass is 457 g/mol. The SMILES string of the molecule is Cc1cc(C)c2sc(NC(=O)c3ccc(S(=O)(=O)N4C[C@@H](C)C[C@H](C)C4)cc3)nc2c1. The summed E-state index contributed by atoms with van der Waals surface area (Å²) in [4.78, 5) is 17.4. The molecule has 2 atom stereocenters. The Kier molecular flexibility index (Phi) is 5.89. The lowest BCUT2D eigenvalue weighted by Gasteiger charge is -2.34. The molecule has 1 fully saturated rings. The molecule has 0 aliphatic carbocycles. The van der Waals surface area contributed by atoms with Crippen LogP contribution in [0.5, 0.6) is 0 Å². The van der Waals surface area contributed by atoms with E-state index in [1.165, 1.54) is 23.5 Å². The zero-order valence-corrected chi connectivity index (χ0v) is 19.8. The van der Waals surface area contributed by atoms with Crippen molar-refractivity contribution in [1.82, 2.24) is 9.29 Å². The van der Waals surface area contributed by atoms with Crippen LogP contribution in [0, 0.1) is 25.7 Å². The molecule has 1 N–H and O–H groups in total. The number of hydrogen-bond acceptors (Lipinski definition) is 5. The van der Waals surface area contributed by atoms with Gasteiger partial charge in [-0.15, -0.1) is 0 Å². The predicted octanol–water partition coefficient (Wildman–Crippen LogP) is 4.83. The van der Waals surface area contributed by atoms with Gasteiger partial charge >= 0.3 is 0 Å². The van der Waals surface area contributed by atoms with E-state index >= 15 is 0 Å². The van der Waals surface area contributed by atoms with Crippen LogP contribution in [0.25, 0.3) is 10.2 Å². The summed E-state index contributed by atoms with van der Waals surface area (Å²) in [5.41, 5.74) is 3.52. The van der Waals surface area contributed by atoms with Crippen LogP contribution < -0.4 is 5.32 Å². The van der Waals surface area contributed by atoms with Crippen molar-refractivity contribution in [3.8, 4) is 0 Å². The average Bonchev–Trinajstić information content (AvgIpc) is 3.10. The molecule has 1 aromatic heterocycles. The van der Waals surface area contributed by atoms with Crippen molar-refractivity contribution >= 4 is 42.6 Å². The number of aryl methyl sites for hydroxylation is 2. The minimum absolute atomic E-state index is 0.219. The molecule has 0 radical (unpaired) electrons. The molecular formula is C23H27N3O3S2. The maximum absolute atomic E-state index is 13.0. The molecule has 1 amide bonds. The Morgan fingerprint density at radius 3 is 2.39 bits per heavy atom. The fraction of sp³-hybridized carbons (Fsp3) is 0.391. The van der Waals surface area contributed by atoms with E-state index in [1.807, 2.05) is 19.9 Å². The van der Waals surface area contributed by atoms with Gasteiger partial charge in [0.15, 0.2) is 5.13 Å². The molecular weight excluding hydrogens is 430 g/mol. The summed E-state index contributed by atoms with van der Waals surface area (Å²) < 4.78 is 28.7. The van der Waals surface area contributed by atoms with Gasteiger partial charge in [0, 0.05) is 18.7 Å². The number of aromatic nitrogens is 1. The van der Waals surface area contributed by atoms with Crippen LogP contribution in [0.15, 0.2) is 41.3 Å². The second-order valence-electron chi connectivity index (χ2n) is 8.70. The molecule has 0 saturated carbocycles. The van der Waals surface area contributed by atoms with Gasteiger partial charge in [0.1, 0.15) is 0 Å². The zero-order chi connectivity index (χ0) is 22.3. The number of nitrogens with one attached hydrogen (secondary N) is 1. The largest absolute Gasteiger partial charge is 0.298 e. The van der Waals surface area contributed by atoms with Crippen molar-refractivity contribution in [2.45, 2.75) is 39.0 Å². The summed E-state index contributed by atoms with van der Waals surface area (Å²) in [6.07, 6.45) is 1.04. The second-order valence-corrected chi connectivity index (χ2v) is 11.6. The molecule has 1 aliphatic rings. The van der Waals surface area contributed by atoms with Crippen LogP contribution >= 0.6 is 11.3 Å². The van der Waals surface area contributed by atoms with Gasteiger partial charge in [-0.2, -0.15) is 4.31 Å². The number of anilines is 1. The maximum Gasteiger partial charge on any atom is 0.257 e. The van der Waals surface area contributed by atoms with Crippen molar-refractivity contribution in [2.24, 2.45) is 11.8 Å². The van der Waals surface area contributed by atoms with E-state index in [0.29, 0.717) is 35.6 Å². The molecule has 1 aliphatic heterocycles. The van der Waals surface area contributed by atoms with E-state index in [-0.39, 0.29) is 10.8 Å². The highest BCUT2D eigenvalue weighted by Crippen LogP contribution is 2.30. The third-order valence-corrected chi connectivity index (χ3v) is 8.60. The number of carbonyl (C=O) groups excluding carboxylic acids is 1. The molecule has 4 rings (SSSR count). The molecule has 0 bridgehead atoms. The van der Waals surface area contributed by atoms with Gasteiger partial charge in [-0.05, 0) is 73.6 Å². The number of carbonyl (C=O) groups is 1. The highest BCUT2D eigenvalue weighted by atomic mass is 32.2. The summed E-state index contributed by atoms with van der Waals surface area (Å²) in [7, 11) is -3.56. The van der Waals surface area contributed by atoms with E-state index in [1.54, 1.807) is 16.4 Å². The summed E-state index contributed by atoms with van der Waals surface area (Å²) in [6, 6.07) is 10.2. The molecule has 2 aromatic carbocycles. The van der Waals surface area contributed by atoms with Crippen LogP contribution in [-0.4, -0.2) is 36.7 Å². The second kappa shape index (κ2) is 8.33. The number of sulfonamides is 1. The molecule has 3 aromatic rings. The highest BCUT2D eigenvalue weighted by molar-refractivity contribution is 7.89. The summed E-state index contributed by atoms with van der Waals surface area (Å²) >= 11 is 1.44. The van der Waals surface area contributed by atoms with Crippen molar-refractivity contribution in [3.05, 3.63) is 53.1 Å². The van der Waals surface area contributed by atoms with Crippen molar-refractivity contribution in [3.63, 3.8) is 0 Å².